The summed E-state index contributed by atoms with van der Waals surface area (Å²) in [7, 11) is 3.31. The van der Waals surface area contributed by atoms with Gasteiger partial charge < -0.3 is 14.2 Å². The highest BCUT2D eigenvalue weighted by Gasteiger charge is 2.38. The SMILES string of the molecule is CCC1OC1CC(C)c1cc(OC)c(OC)cc1Br. The summed E-state index contributed by atoms with van der Waals surface area (Å²) in [6.45, 7) is 4.39. The molecule has 1 saturated heterocycles. The number of epoxide rings is 1. The van der Waals surface area contributed by atoms with Crippen LogP contribution in [-0.4, -0.2) is 26.4 Å². The fourth-order valence-electron chi connectivity index (χ4n) is 2.47. The minimum Gasteiger partial charge on any atom is -0.493 e. The predicted molar refractivity (Wildman–Crippen MR) is 79.2 cm³/mol. The van der Waals surface area contributed by atoms with E-state index in [-0.39, 0.29) is 0 Å². The number of ether oxygens (including phenoxy) is 3. The molecule has 1 heterocycles. The van der Waals surface area contributed by atoms with Gasteiger partial charge in [-0.2, -0.15) is 0 Å². The Labute approximate surface area is 123 Å². The Morgan fingerprint density at radius 1 is 1.21 bits per heavy atom. The zero-order chi connectivity index (χ0) is 14.0. The molecule has 0 bridgehead atoms. The van der Waals surface area contributed by atoms with E-state index in [4.69, 9.17) is 14.2 Å². The normalized spacial score (nSPS) is 23.0. The Hall–Kier alpha value is -0.740. The van der Waals surface area contributed by atoms with Crippen LogP contribution in [0.4, 0.5) is 0 Å². The predicted octanol–water partition coefficient (Wildman–Crippen LogP) is 4.14. The van der Waals surface area contributed by atoms with Gasteiger partial charge in [-0.15, -0.1) is 0 Å². The molecule has 0 aromatic heterocycles. The number of hydrogen-bond acceptors (Lipinski definition) is 3. The molecule has 19 heavy (non-hydrogen) atoms. The summed E-state index contributed by atoms with van der Waals surface area (Å²) in [5.74, 6) is 1.95. The molecule has 1 aliphatic rings. The molecule has 1 fully saturated rings. The molecule has 0 N–H and O–H groups in total. The molecule has 0 saturated carbocycles. The first-order chi connectivity index (χ1) is 9.10. The van der Waals surface area contributed by atoms with Gasteiger partial charge in [0, 0.05) is 4.47 Å². The minimum absolute atomic E-state index is 0.417. The van der Waals surface area contributed by atoms with E-state index < -0.39 is 0 Å². The van der Waals surface area contributed by atoms with E-state index in [1.165, 1.54) is 5.56 Å². The summed E-state index contributed by atoms with van der Waals surface area (Å²) < 4.78 is 17.4. The van der Waals surface area contributed by atoms with Crippen LogP contribution in [0, 0.1) is 0 Å². The maximum atomic E-state index is 5.63. The number of rotatable bonds is 6. The lowest BCUT2D eigenvalue weighted by atomic mass is 9.94. The van der Waals surface area contributed by atoms with Crippen LogP contribution in [0.25, 0.3) is 0 Å². The summed E-state index contributed by atoms with van der Waals surface area (Å²) in [6, 6.07) is 4.02. The second-order valence-corrected chi connectivity index (χ2v) is 5.84. The largest absolute Gasteiger partial charge is 0.493 e. The van der Waals surface area contributed by atoms with Crippen molar-refractivity contribution in [2.75, 3.05) is 14.2 Å². The molecule has 0 aliphatic carbocycles. The highest BCUT2D eigenvalue weighted by atomic mass is 79.9. The molecular weight excluding hydrogens is 308 g/mol. The van der Waals surface area contributed by atoms with Crippen LogP contribution < -0.4 is 9.47 Å². The lowest BCUT2D eigenvalue weighted by Crippen LogP contribution is -2.03. The second kappa shape index (κ2) is 6.14. The molecule has 1 aromatic rings. The quantitative estimate of drug-likeness (QED) is 0.735. The highest BCUT2D eigenvalue weighted by molar-refractivity contribution is 9.10. The van der Waals surface area contributed by atoms with E-state index >= 15 is 0 Å². The summed E-state index contributed by atoms with van der Waals surface area (Å²) in [6.07, 6.45) is 3.03. The van der Waals surface area contributed by atoms with Crippen LogP contribution in [0.15, 0.2) is 16.6 Å². The number of methoxy groups -OCH3 is 2. The van der Waals surface area contributed by atoms with E-state index in [0.29, 0.717) is 18.1 Å². The Kier molecular flexibility index (Phi) is 4.74. The molecule has 3 nitrogen and oxygen atoms in total. The van der Waals surface area contributed by atoms with E-state index in [1.54, 1.807) is 14.2 Å². The van der Waals surface area contributed by atoms with Gasteiger partial charge in [-0.3, -0.25) is 0 Å². The summed E-state index contributed by atoms with van der Waals surface area (Å²) in [5.41, 5.74) is 1.24. The molecule has 1 aromatic carbocycles. The third-order valence-electron chi connectivity index (χ3n) is 3.71. The first-order valence-corrected chi connectivity index (χ1v) is 7.46. The third kappa shape index (κ3) is 3.23. The Bertz CT molecular complexity index is 447. The Morgan fingerprint density at radius 3 is 2.37 bits per heavy atom. The Morgan fingerprint density at radius 2 is 1.84 bits per heavy atom. The van der Waals surface area contributed by atoms with Crippen molar-refractivity contribution in [3.63, 3.8) is 0 Å². The molecule has 2 rings (SSSR count). The molecule has 3 unspecified atom stereocenters. The van der Waals surface area contributed by atoms with Crippen LogP contribution in [0.3, 0.4) is 0 Å². The fourth-order valence-corrected chi connectivity index (χ4v) is 3.18. The van der Waals surface area contributed by atoms with Crippen LogP contribution in [0.1, 0.15) is 38.2 Å². The van der Waals surface area contributed by atoms with Gasteiger partial charge in [-0.25, -0.2) is 0 Å². The highest BCUT2D eigenvalue weighted by Crippen LogP contribution is 2.40. The van der Waals surface area contributed by atoms with Crippen LogP contribution >= 0.6 is 15.9 Å². The average Bonchev–Trinajstić information content (AvgIpc) is 3.16. The van der Waals surface area contributed by atoms with Gasteiger partial charge in [-0.05, 0) is 36.5 Å². The molecule has 4 heteroatoms. The molecule has 3 atom stereocenters. The first kappa shape index (κ1) is 14.7. The average molecular weight is 329 g/mol. The van der Waals surface area contributed by atoms with Crippen molar-refractivity contribution >= 4 is 15.9 Å². The molecule has 106 valence electrons. The van der Waals surface area contributed by atoms with Crippen molar-refractivity contribution in [3.8, 4) is 11.5 Å². The number of benzene rings is 1. The van der Waals surface area contributed by atoms with E-state index in [2.05, 4.69) is 35.8 Å². The molecule has 0 spiro atoms. The minimum atomic E-state index is 0.417. The fraction of sp³-hybridized carbons (Fsp3) is 0.600. The standard InChI is InChI=1S/C15H21BrO3/c1-5-12-15(19-12)6-9(2)10-7-13(17-3)14(18-4)8-11(10)16/h7-9,12,15H,5-6H2,1-4H3. The van der Waals surface area contributed by atoms with Crippen molar-refractivity contribution in [3.05, 3.63) is 22.2 Å². The second-order valence-electron chi connectivity index (χ2n) is 4.99. The Balaban J connectivity index is 2.14. The lowest BCUT2D eigenvalue weighted by molar-refractivity contribution is 0.349. The van der Waals surface area contributed by atoms with Gasteiger partial charge in [0.15, 0.2) is 11.5 Å². The summed E-state index contributed by atoms with van der Waals surface area (Å²) in [4.78, 5) is 0. The van der Waals surface area contributed by atoms with E-state index in [1.807, 2.05) is 6.07 Å². The van der Waals surface area contributed by atoms with Gasteiger partial charge in [0.25, 0.3) is 0 Å². The van der Waals surface area contributed by atoms with Crippen molar-refractivity contribution in [1.29, 1.82) is 0 Å². The van der Waals surface area contributed by atoms with Gasteiger partial charge in [0.1, 0.15) is 0 Å². The third-order valence-corrected chi connectivity index (χ3v) is 4.40. The topological polar surface area (TPSA) is 31.0 Å². The molecule has 0 radical (unpaired) electrons. The van der Waals surface area contributed by atoms with Gasteiger partial charge >= 0.3 is 0 Å². The van der Waals surface area contributed by atoms with Crippen LogP contribution in [-0.2, 0) is 4.74 Å². The first-order valence-electron chi connectivity index (χ1n) is 6.67. The zero-order valence-electron chi connectivity index (χ0n) is 11.9. The van der Waals surface area contributed by atoms with Crippen molar-refractivity contribution in [2.45, 2.75) is 44.8 Å². The van der Waals surface area contributed by atoms with Gasteiger partial charge in [0.05, 0.1) is 26.4 Å². The van der Waals surface area contributed by atoms with Crippen molar-refractivity contribution < 1.29 is 14.2 Å². The molecule has 1 aliphatic heterocycles. The van der Waals surface area contributed by atoms with E-state index in [9.17, 15) is 0 Å². The van der Waals surface area contributed by atoms with E-state index in [0.717, 1.165) is 28.8 Å². The summed E-state index contributed by atoms with van der Waals surface area (Å²) >= 11 is 3.62. The smallest absolute Gasteiger partial charge is 0.161 e. The maximum Gasteiger partial charge on any atom is 0.161 e. The van der Waals surface area contributed by atoms with Gasteiger partial charge in [0.2, 0.25) is 0 Å². The van der Waals surface area contributed by atoms with Gasteiger partial charge in [-0.1, -0.05) is 29.8 Å². The lowest BCUT2D eigenvalue weighted by Gasteiger charge is -2.16. The maximum absolute atomic E-state index is 5.63. The monoisotopic (exact) mass is 328 g/mol. The number of hydrogen-bond donors (Lipinski definition) is 0. The van der Waals surface area contributed by atoms with Crippen LogP contribution in [0.5, 0.6) is 11.5 Å². The zero-order valence-corrected chi connectivity index (χ0v) is 13.5. The van der Waals surface area contributed by atoms with Crippen LogP contribution in [0.2, 0.25) is 0 Å². The number of halogens is 1. The molecule has 0 amide bonds. The van der Waals surface area contributed by atoms with Crippen molar-refractivity contribution in [1.82, 2.24) is 0 Å². The van der Waals surface area contributed by atoms with Crippen molar-refractivity contribution in [2.24, 2.45) is 0 Å². The summed E-state index contributed by atoms with van der Waals surface area (Å²) in [5, 5.41) is 0. The molecular formula is C15H21BrO3.